The molecule has 104 valence electrons. The smallest absolute Gasteiger partial charge is 0.429 e. The predicted molar refractivity (Wildman–Crippen MR) is 74.4 cm³/mol. The number of carbonyl (C=O) groups excluding carboxylic acids is 2. The molecule has 1 rings (SSSR count). The minimum absolute atomic E-state index is 0.143. The molecule has 0 fully saturated rings. The second-order valence-electron chi connectivity index (χ2n) is 5.07. The summed E-state index contributed by atoms with van der Waals surface area (Å²) in [4.78, 5) is 23.1. The molecule has 0 spiro atoms. The lowest BCUT2D eigenvalue weighted by atomic mass is 10.1. The van der Waals surface area contributed by atoms with Gasteiger partial charge in [-0.2, -0.15) is 0 Å². The highest BCUT2D eigenvalue weighted by molar-refractivity contribution is 6.33. The van der Waals surface area contributed by atoms with Crippen LogP contribution in [0, 0.1) is 0 Å². The lowest BCUT2D eigenvalue weighted by Crippen LogP contribution is -2.41. The molecule has 0 unspecified atom stereocenters. The fraction of sp³-hybridized carbons (Fsp3) is 0.385. The Hall–Kier alpha value is -1.59. The van der Waals surface area contributed by atoms with Crippen molar-refractivity contribution in [2.24, 2.45) is 5.84 Å². The van der Waals surface area contributed by atoms with Crippen LogP contribution in [0.2, 0.25) is 5.02 Å². The Bertz CT molecular complexity index is 509. The summed E-state index contributed by atoms with van der Waals surface area (Å²) in [6.07, 6.45) is -0.741. The van der Waals surface area contributed by atoms with Crippen LogP contribution in [0.3, 0.4) is 0 Å². The maximum absolute atomic E-state index is 11.8. The third-order valence-corrected chi connectivity index (χ3v) is 2.52. The lowest BCUT2D eigenvalue weighted by molar-refractivity contribution is 0.0579. The van der Waals surface area contributed by atoms with E-state index in [9.17, 15) is 9.59 Å². The van der Waals surface area contributed by atoms with Gasteiger partial charge in [-0.1, -0.05) is 11.6 Å². The van der Waals surface area contributed by atoms with E-state index >= 15 is 0 Å². The fourth-order valence-corrected chi connectivity index (χ4v) is 1.53. The quantitative estimate of drug-likeness (QED) is 0.392. The molecule has 5 nitrogen and oxygen atoms in total. The molecule has 0 aromatic heterocycles. The van der Waals surface area contributed by atoms with E-state index in [-0.39, 0.29) is 16.5 Å². The molecule has 0 radical (unpaired) electrons. The molecular weight excluding hydrogens is 268 g/mol. The summed E-state index contributed by atoms with van der Waals surface area (Å²) in [6, 6.07) is 4.53. The van der Waals surface area contributed by atoms with Crippen molar-refractivity contribution in [3.8, 4) is 0 Å². The van der Waals surface area contributed by atoms with Crippen molar-refractivity contribution < 1.29 is 14.3 Å². The molecule has 1 aromatic rings. The number of carbonyl (C=O) groups is 2. The zero-order chi connectivity index (χ0) is 14.8. The van der Waals surface area contributed by atoms with E-state index in [1.165, 1.54) is 19.1 Å². The number of halogens is 1. The molecule has 2 N–H and O–H groups in total. The van der Waals surface area contributed by atoms with Gasteiger partial charge in [0, 0.05) is 5.56 Å². The molecule has 0 atom stereocenters. The van der Waals surface area contributed by atoms with Gasteiger partial charge in [-0.25, -0.2) is 15.6 Å². The van der Waals surface area contributed by atoms with Crippen LogP contribution in [0.4, 0.5) is 10.5 Å². The molecule has 0 aliphatic rings. The van der Waals surface area contributed by atoms with Crippen LogP contribution >= 0.6 is 11.6 Å². The summed E-state index contributed by atoms with van der Waals surface area (Å²) < 4.78 is 5.13. The van der Waals surface area contributed by atoms with E-state index in [4.69, 9.17) is 22.2 Å². The van der Waals surface area contributed by atoms with E-state index in [0.29, 0.717) is 5.56 Å². The van der Waals surface area contributed by atoms with Crippen molar-refractivity contribution in [3.63, 3.8) is 0 Å². The third-order valence-electron chi connectivity index (χ3n) is 2.20. The number of rotatable bonds is 2. The Morgan fingerprint density at radius 2 is 1.89 bits per heavy atom. The summed E-state index contributed by atoms with van der Waals surface area (Å²) >= 11 is 5.97. The molecule has 6 heteroatoms. The maximum Gasteiger partial charge on any atom is 0.429 e. The molecule has 0 saturated heterocycles. The number of nitrogens with two attached hydrogens (primary N) is 1. The number of hydrogen-bond donors (Lipinski definition) is 1. The first-order valence-electron chi connectivity index (χ1n) is 5.70. The average Bonchev–Trinajstić information content (AvgIpc) is 2.26. The van der Waals surface area contributed by atoms with Gasteiger partial charge >= 0.3 is 6.09 Å². The zero-order valence-electron chi connectivity index (χ0n) is 11.4. The molecule has 0 aliphatic carbocycles. The highest BCUT2D eigenvalue weighted by atomic mass is 35.5. The first-order valence-corrected chi connectivity index (χ1v) is 6.08. The normalized spacial score (nSPS) is 11.1. The number of benzene rings is 1. The van der Waals surface area contributed by atoms with Crippen LogP contribution in [0.15, 0.2) is 18.2 Å². The van der Waals surface area contributed by atoms with E-state index in [0.717, 1.165) is 5.01 Å². The molecule has 0 bridgehead atoms. The Balaban J connectivity index is 3.05. The molecule has 1 amide bonds. The molecule has 0 aliphatic heterocycles. The maximum atomic E-state index is 11.8. The van der Waals surface area contributed by atoms with E-state index < -0.39 is 11.7 Å². The van der Waals surface area contributed by atoms with Gasteiger partial charge in [-0.05, 0) is 45.9 Å². The SMILES string of the molecule is CC(=O)c1ccc(Cl)c(N(N)C(=O)OC(C)(C)C)c1. The Labute approximate surface area is 117 Å². The van der Waals surface area contributed by atoms with Gasteiger partial charge in [-0.3, -0.25) is 4.79 Å². The summed E-state index contributed by atoms with van der Waals surface area (Å²) in [6.45, 7) is 6.60. The summed E-state index contributed by atoms with van der Waals surface area (Å²) in [5.41, 5.74) is -0.0265. The monoisotopic (exact) mass is 284 g/mol. The topological polar surface area (TPSA) is 72.6 Å². The predicted octanol–water partition coefficient (Wildman–Crippen LogP) is 3.16. The van der Waals surface area contributed by atoms with Crippen LogP contribution in [-0.4, -0.2) is 17.5 Å². The first-order chi connectivity index (χ1) is 8.61. The molecule has 1 aromatic carbocycles. The van der Waals surface area contributed by atoms with Gasteiger partial charge in [0.2, 0.25) is 0 Å². The molecule has 0 heterocycles. The van der Waals surface area contributed by atoms with Gasteiger partial charge in [-0.15, -0.1) is 0 Å². The minimum Gasteiger partial charge on any atom is -0.442 e. The van der Waals surface area contributed by atoms with Crippen molar-refractivity contribution in [2.75, 3.05) is 5.01 Å². The van der Waals surface area contributed by atoms with Crippen molar-refractivity contribution in [2.45, 2.75) is 33.3 Å². The minimum atomic E-state index is -0.741. The number of ketones is 1. The average molecular weight is 285 g/mol. The van der Waals surface area contributed by atoms with Crippen LogP contribution in [0.1, 0.15) is 38.1 Å². The molecule has 0 saturated carbocycles. The fourth-order valence-electron chi connectivity index (χ4n) is 1.33. The highest BCUT2D eigenvalue weighted by Crippen LogP contribution is 2.26. The van der Waals surface area contributed by atoms with E-state index in [1.54, 1.807) is 26.8 Å². The van der Waals surface area contributed by atoms with Gasteiger partial charge < -0.3 is 4.74 Å². The van der Waals surface area contributed by atoms with Crippen molar-refractivity contribution >= 4 is 29.2 Å². The van der Waals surface area contributed by atoms with Crippen LogP contribution < -0.4 is 10.9 Å². The van der Waals surface area contributed by atoms with Crippen molar-refractivity contribution in [1.29, 1.82) is 0 Å². The van der Waals surface area contributed by atoms with E-state index in [1.807, 2.05) is 0 Å². The second kappa shape index (κ2) is 5.59. The number of hydrogen-bond acceptors (Lipinski definition) is 4. The highest BCUT2D eigenvalue weighted by Gasteiger charge is 2.23. The number of Topliss-reactive ketones (excluding diaryl/α,β-unsaturated/α-hetero) is 1. The summed E-state index contributed by atoms with van der Waals surface area (Å²) in [7, 11) is 0. The summed E-state index contributed by atoms with van der Waals surface area (Å²) in [5.74, 6) is 5.54. The third kappa shape index (κ3) is 4.22. The zero-order valence-corrected chi connectivity index (χ0v) is 12.1. The van der Waals surface area contributed by atoms with Crippen LogP contribution in [0.5, 0.6) is 0 Å². The number of ether oxygens (including phenoxy) is 1. The Morgan fingerprint density at radius 3 is 2.37 bits per heavy atom. The first kappa shape index (κ1) is 15.5. The standard InChI is InChI=1S/C13H17ClN2O3/c1-8(17)9-5-6-10(14)11(7-9)16(15)12(18)19-13(2,3)4/h5-7H,15H2,1-4H3. The number of anilines is 1. The van der Waals surface area contributed by atoms with Crippen molar-refractivity contribution in [3.05, 3.63) is 28.8 Å². The van der Waals surface area contributed by atoms with Crippen molar-refractivity contribution in [1.82, 2.24) is 0 Å². The second-order valence-corrected chi connectivity index (χ2v) is 5.48. The van der Waals surface area contributed by atoms with Crippen LogP contribution in [0.25, 0.3) is 0 Å². The van der Waals surface area contributed by atoms with Gasteiger partial charge in [0.05, 0.1) is 10.7 Å². The largest absolute Gasteiger partial charge is 0.442 e. The number of hydrazine groups is 1. The van der Waals surface area contributed by atoms with Gasteiger partial charge in [0.15, 0.2) is 5.78 Å². The number of amides is 1. The lowest BCUT2D eigenvalue weighted by Gasteiger charge is -2.24. The molecule has 19 heavy (non-hydrogen) atoms. The van der Waals surface area contributed by atoms with E-state index in [2.05, 4.69) is 0 Å². The molecular formula is C13H17ClN2O3. The van der Waals surface area contributed by atoms with Gasteiger partial charge in [0.1, 0.15) is 5.60 Å². The Kier molecular flexibility index (Phi) is 4.55. The van der Waals surface area contributed by atoms with Gasteiger partial charge in [0.25, 0.3) is 0 Å². The number of nitrogens with zero attached hydrogens (tertiary/aromatic N) is 1. The summed E-state index contributed by atoms with van der Waals surface area (Å²) in [5, 5.41) is 1.05. The van der Waals surface area contributed by atoms with Crippen LogP contribution in [-0.2, 0) is 4.74 Å². The Morgan fingerprint density at radius 1 is 1.32 bits per heavy atom.